The highest BCUT2D eigenvalue weighted by atomic mass is 16.3. The Kier molecular flexibility index (Phi) is 6.96. The highest BCUT2D eigenvalue weighted by molar-refractivity contribution is 5.84. The summed E-state index contributed by atoms with van der Waals surface area (Å²) < 4.78 is 0. The van der Waals surface area contributed by atoms with E-state index in [9.17, 15) is 4.79 Å². The van der Waals surface area contributed by atoms with Crippen molar-refractivity contribution >= 4 is 11.6 Å². The van der Waals surface area contributed by atoms with E-state index in [1.54, 1.807) is 0 Å². The number of rotatable bonds is 7. The number of nitrogens with two attached hydrogens (primary N) is 1. The maximum Gasteiger partial charge on any atom is 0.222 e. The maximum atomic E-state index is 10.8. The minimum atomic E-state index is -0.460. The molecule has 0 saturated heterocycles. The Morgan fingerprint density at radius 3 is 2.53 bits per heavy atom. The molecule has 3 N–H and O–H groups in total. The van der Waals surface area contributed by atoms with Crippen molar-refractivity contribution in [2.24, 2.45) is 22.6 Å². The molecule has 0 aromatic heterocycles. The summed E-state index contributed by atoms with van der Waals surface area (Å²) in [6, 6.07) is 0. The second kappa shape index (κ2) is 7.40. The second-order valence-corrected chi connectivity index (χ2v) is 3.90. The lowest BCUT2D eigenvalue weighted by Gasteiger charge is -2.10. The smallest absolute Gasteiger partial charge is 0.222 e. The van der Waals surface area contributed by atoms with E-state index in [4.69, 9.17) is 10.8 Å². The van der Waals surface area contributed by atoms with Crippen molar-refractivity contribution < 1.29 is 9.90 Å². The van der Waals surface area contributed by atoms with Crippen LogP contribution < -0.4 is 5.73 Å². The first-order valence-corrected chi connectivity index (χ1v) is 5.44. The number of hydrogen-bond donors (Lipinski definition) is 2. The number of hydrogen-bond acceptors (Lipinski definition) is 3. The van der Waals surface area contributed by atoms with Crippen molar-refractivity contribution in [3.8, 4) is 0 Å². The molecule has 88 valence electrons. The molecule has 0 rings (SSSR count). The molecule has 0 bridgehead atoms. The van der Waals surface area contributed by atoms with Gasteiger partial charge in [0.15, 0.2) is 0 Å². The van der Waals surface area contributed by atoms with Crippen molar-refractivity contribution in [3.63, 3.8) is 0 Å². The Hall–Kier alpha value is -0.900. The van der Waals surface area contributed by atoms with Crippen molar-refractivity contribution in [2.45, 2.75) is 33.6 Å². The Morgan fingerprint density at radius 2 is 2.13 bits per heavy atom. The molecule has 0 aliphatic carbocycles. The first-order valence-electron chi connectivity index (χ1n) is 5.44. The second-order valence-electron chi connectivity index (χ2n) is 3.90. The Labute approximate surface area is 91.6 Å². The van der Waals surface area contributed by atoms with Crippen LogP contribution >= 0.6 is 0 Å². The van der Waals surface area contributed by atoms with Crippen LogP contribution in [0.15, 0.2) is 4.99 Å². The Morgan fingerprint density at radius 1 is 1.53 bits per heavy atom. The van der Waals surface area contributed by atoms with Crippen LogP contribution in [0.5, 0.6) is 0 Å². The monoisotopic (exact) mass is 214 g/mol. The number of aliphatic imine (C=N–C) groups is 1. The van der Waals surface area contributed by atoms with Crippen molar-refractivity contribution in [3.05, 3.63) is 0 Å². The molecular weight excluding hydrogens is 192 g/mol. The molecule has 4 heteroatoms. The molecule has 2 unspecified atom stereocenters. The van der Waals surface area contributed by atoms with Crippen LogP contribution in [0.25, 0.3) is 0 Å². The van der Waals surface area contributed by atoms with Gasteiger partial charge >= 0.3 is 0 Å². The molecule has 0 fully saturated rings. The van der Waals surface area contributed by atoms with Gasteiger partial charge in [0.25, 0.3) is 0 Å². The third kappa shape index (κ3) is 5.52. The van der Waals surface area contributed by atoms with Crippen LogP contribution in [0, 0.1) is 11.8 Å². The average Bonchev–Trinajstić information content (AvgIpc) is 2.22. The highest BCUT2D eigenvalue weighted by Crippen LogP contribution is 2.06. The van der Waals surface area contributed by atoms with Gasteiger partial charge in [-0.2, -0.15) is 0 Å². The summed E-state index contributed by atoms with van der Waals surface area (Å²) in [6.45, 7) is 6.60. The summed E-state index contributed by atoms with van der Waals surface area (Å²) in [4.78, 5) is 15.2. The Balaban J connectivity index is 4.00. The van der Waals surface area contributed by atoms with Crippen LogP contribution in [0.3, 0.4) is 0 Å². The SMILES string of the molecule is CCC(C)C(C)=NCCC(CO)C(N)=O. The van der Waals surface area contributed by atoms with Gasteiger partial charge in [0.1, 0.15) is 0 Å². The van der Waals surface area contributed by atoms with Gasteiger partial charge in [0.05, 0.1) is 12.5 Å². The summed E-state index contributed by atoms with van der Waals surface area (Å²) >= 11 is 0. The number of carbonyl (C=O) groups excluding carboxylic acids is 1. The van der Waals surface area contributed by atoms with E-state index < -0.39 is 11.8 Å². The average molecular weight is 214 g/mol. The standard InChI is InChI=1S/C11H22N2O2/c1-4-8(2)9(3)13-6-5-10(7-14)11(12)15/h8,10,14H,4-7H2,1-3H3,(H2,12,15). The van der Waals surface area contributed by atoms with E-state index >= 15 is 0 Å². The fraction of sp³-hybridized carbons (Fsp3) is 0.818. The van der Waals surface area contributed by atoms with Crippen molar-refractivity contribution in [1.82, 2.24) is 0 Å². The van der Waals surface area contributed by atoms with Gasteiger partial charge in [0, 0.05) is 12.3 Å². The zero-order valence-corrected chi connectivity index (χ0v) is 9.86. The van der Waals surface area contributed by atoms with Crippen LogP contribution in [-0.2, 0) is 4.79 Å². The van der Waals surface area contributed by atoms with Crippen molar-refractivity contribution in [2.75, 3.05) is 13.2 Å². The molecule has 0 heterocycles. The first-order chi connectivity index (χ1) is 7.02. The third-order valence-corrected chi connectivity index (χ3v) is 2.79. The lowest BCUT2D eigenvalue weighted by Crippen LogP contribution is -2.27. The van der Waals surface area contributed by atoms with E-state index in [-0.39, 0.29) is 6.61 Å². The van der Waals surface area contributed by atoms with Gasteiger partial charge in [-0.3, -0.25) is 9.79 Å². The zero-order chi connectivity index (χ0) is 11.8. The van der Waals surface area contributed by atoms with E-state index in [1.165, 1.54) is 0 Å². The van der Waals surface area contributed by atoms with E-state index in [1.807, 2.05) is 6.92 Å². The number of amides is 1. The Bertz CT molecular complexity index is 227. The van der Waals surface area contributed by atoms with Crippen LogP contribution in [0.1, 0.15) is 33.6 Å². The van der Waals surface area contributed by atoms with E-state index in [2.05, 4.69) is 18.8 Å². The summed E-state index contributed by atoms with van der Waals surface area (Å²) in [6.07, 6.45) is 1.59. The highest BCUT2D eigenvalue weighted by Gasteiger charge is 2.13. The summed E-state index contributed by atoms with van der Waals surface area (Å²) in [5.74, 6) is -0.432. The summed E-state index contributed by atoms with van der Waals surface area (Å²) in [7, 11) is 0. The molecule has 0 radical (unpaired) electrons. The van der Waals surface area contributed by atoms with Crippen LogP contribution in [0.2, 0.25) is 0 Å². The third-order valence-electron chi connectivity index (χ3n) is 2.79. The topological polar surface area (TPSA) is 75.7 Å². The van der Waals surface area contributed by atoms with Gasteiger partial charge in [-0.15, -0.1) is 0 Å². The summed E-state index contributed by atoms with van der Waals surface area (Å²) in [5.41, 5.74) is 6.20. The molecule has 15 heavy (non-hydrogen) atoms. The molecule has 0 aliphatic heterocycles. The molecule has 0 spiro atoms. The van der Waals surface area contributed by atoms with E-state index in [0.717, 1.165) is 12.1 Å². The fourth-order valence-corrected chi connectivity index (χ4v) is 1.17. The molecule has 0 aliphatic rings. The zero-order valence-electron chi connectivity index (χ0n) is 9.86. The number of carbonyl (C=O) groups is 1. The molecule has 2 atom stereocenters. The molecule has 1 amide bonds. The summed E-state index contributed by atoms with van der Waals surface area (Å²) in [5, 5.41) is 8.87. The normalized spacial score (nSPS) is 16.1. The number of nitrogens with zero attached hydrogens (tertiary/aromatic N) is 1. The maximum absolute atomic E-state index is 10.8. The molecule has 0 aromatic carbocycles. The molecular formula is C11H22N2O2. The van der Waals surface area contributed by atoms with Gasteiger partial charge in [-0.05, 0) is 25.7 Å². The van der Waals surface area contributed by atoms with Gasteiger partial charge in [-0.1, -0.05) is 13.8 Å². The van der Waals surface area contributed by atoms with Gasteiger partial charge in [0.2, 0.25) is 5.91 Å². The predicted molar refractivity (Wildman–Crippen MR) is 61.8 cm³/mol. The lowest BCUT2D eigenvalue weighted by molar-refractivity contribution is -0.123. The predicted octanol–water partition coefficient (Wildman–Crippen LogP) is 0.977. The minimum Gasteiger partial charge on any atom is -0.396 e. The molecule has 0 saturated carbocycles. The van der Waals surface area contributed by atoms with Crippen molar-refractivity contribution in [1.29, 1.82) is 0 Å². The number of aliphatic hydroxyl groups excluding tert-OH is 1. The fourth-order valence-electron chi connectivity index (χ4n) is 1.17. The quantitative estimate of drug-likeness (QED) is 0.620. The van der Waals surface area contributed by atoms with Gasteiger partial charge in [-0.25, -0.2) is 0 Å². The minimum absolute atomic E-state index is 0.187. The number of primary amides is 1. The largest absolute Gasteiger partial charge is 0.396 e. The lowest BCUT2D eigenvalue weighted by atomic mass is 10.0. The van der Waals surface area contributed by atoms with Crippen LogP contribution in [-0.4, -0.2) is 29.9 Å². The van der Waals surface area contributed by atoms with Gasteiger partial charge < -0.3 is 10.8 Å². The first kappa shape index (κ1) is 14.1. The van der Waals surface area contributed by atoms with E-state index in [0.29, 0.717) is 18.9 Å². The number of aliphatic hydroxyl groups is 1. The van der Waals surface area contributed by atoms with Crippen LogP contribution in [0.4, 0.5) is 0 Å². The molecule has 0 aromatic rings. The molecule has 4 nitrogen and oxygen atoms in total.